The smallest absolute Gasteiger partial charge is 0.352 e. The molecule has 0 atom stereocenters. The molecular weight excluding hydrogens is 226 g/mol. The third kappa shape index (κ3) is 1.42. The molecule has 0 fully saturated rings. The Labute approximate surface area is 94.4 Å². The van der Waals surface area contributed by atoms with Gasteiger partial charge in [0.2, 0.25) is 6.79 Å². The van der Waals surface area contributed by atoms with Crippen LogP contribution in [0.15, 0.2) is 23.0 Å². The molecule has 1 aliphatic rings. The molecule has 1 aromatic carbocycles. The number of H-pyrrole nitrogens is 1. The summed E-state index contributed by atoms with van der Waals surface area (Å²) < 4.78 is 10.3. The first-order chi connectivity index (χ1) is 8.15. The van der Waals surface area contributed by atoms with Gasteiger partial charge in [0.25, 0.3) is 0 Å². The van der Waals surface area contributed by atoms with Crippen molar-refractivity contribution in [1.29, 1.82) is 0 Å². The zero-order valence-corrected chi connectivity index (χ0v) is 8.52. The first-order valence-electron chi connectivity index (χ1n) is 4.85. The molecule has 86 valence electrons. The van der Waals surface area contributed by atoms with E-state index in [9.17, 15) is 9.59 Å². The van der Waals surface area contributed by atoms with Crippen LogP contribution in [-0.4, -0.2) is 22.9 Å². The summed E-state index contributed by atoms with van der Waals surface area (Å²) in [5.74, 6) is -0.191. The molecule has 0 radical (unpaired) electrons. The minimum Gasteiger partial charge on any atom is -0.477 e. The Hall–Kier alpha value is -2.50. The molecule has 1 aliphatic heterocycles. The van der Waals surface area contributed by atoms with Crippen LogP contribution in [-0.2, 0) is 0 Å². The van der Waals surface area contributed by atoms with E-state index in [1.165, 1.54) is 0 Å². The predicted octanol–water partition coefficient (Wildman–Crippen LogP) is 0.955. The number of carboxylic acids is 1. The third-order valence-corrected chi connectivity index (χ3v) is 2.55. The highest BCUT2D eigenvalue weighted by atomic mass is 16.7. The molecule has 0 unspecified atom stereocenters. The zero-order valence-electron chi connectivity index (χ0n) is 8.52. The molecular formula is C11H7NO5. The van der Waals surface area contributed by atoms with Gasteiger partial charge in [-0.1, -0.05) is 0 Å². The lowest BCUT2D eigenvalue weighted by Crippen LogP contribution is -2.09. The number of aromatic amines is 1. The van der Waals surface area contributed by atoms with Crippen molar-refractivity contribution < 1.29 is 19.4 Å². The second-order valence-electron chi connectivity index (χ2n) is 3.60. The van der Waals surface area contributed by atoms with Crippen molar-refractivity contribution in [3.8, 4) is 11.5 Å². The van der Waals surface area contributed by atoms with E-state index < -0.39 is 5.97 Å². The molecule has 0 bridgehead atoms. The van der Waals surface area contributed by atoms with Crippen LogP contribution in [0.25, 0.3) is 10.9 Å². The number of carbonyl (C=O) groups is 1. The fraction of sp³-hybridized carbons (Fsp3) is 0.0909. The van der Waals surface area contributed by atoms with Crippen molar-refractivity contribution in [3.05, 3.63) is 34.1 Å². The normalized spacial score (nSPS) is 12.9. The van der Waals surface area contributed by atoms with E-state index in [2.05, 4.69) is 4.98 Å². The Morgan fingerprint density at radius 1 is 1.24 bits per heavy atom. The number of hydrogen-bond donors (Lipinski definition) is 2. The minimum atomic E-state index is -1.18. The number of fused-ring (bicyclic) bond motifs is 2. The Balaban J connectivity index is 2.35. The SMILES string of the molecule is O=C(O)c1cc(=O)c2cc3c(cc2[nH]1)OCO3. The second kappa shape index (κ2) is 3.24. The van der Waals surface area contributed by atoms with Gasteiger partial charge in [0, 0.05) is 17.5 Å². The Morgan fingerprint density at radius 2 is 1.94 bits per heavy atom. The van der Waals surface area contributed by atoms with Gasteiger partial charge in [-0.05, 0) is 6.07 Å². The van der Waals surface area contributed by atoms with Crippen LogP contribution in [0.2, 0.25) is 0 Å². The summed E-state index contributed by atoms with van der Waals surface area (Å²) >= 11 is 0. The van der Waals surface area contributed by atoms with Crippen molar-refractivity contribution in [3.63, 3.8) is 0 Å². The quantitative estimate of drug-likeness (QED) is 0.765. The first-order valence-corrected chi connectivity index (χ1v) is 4.85. The average molecular weight is 233 g/mol. The zero-order chi connectivity index (χ0) is 12.0. The van der Waals surface area contributed by atoms with Crippen LogP contribution in [0.4, 0.5) is 0 Å². The van der Waals surface area contributed by atoms with Gasteiger partial charge in [0.05, 0.1) is 5.52 Å². The Kier molecular flexibility index (Phi) is 1.85. The van der Waals surface area contributed by atoms with Crippen LogP contribution < -0.4 is 14.9 Å². The monoisotopic (exact) mass is 233 g/mol. The van der Waals surface area contributed by atoms with Crippen molar-refractivity contribution in [2.75, 3.05) is 6.79 Å². The number of pyridine rings is 1. The molecule has 2 N–H and O–H groups in total. The lowest BCUT2D eigenvalue weighted by molar-refractivity contribution is 0.0691. The van der Waals surface area contributed by atoms with Crippen molar-refractivity contribution in [2.24, 2.45) is 0 Å². The van der Waals surface area contributed by atoms with Crippen LogP contribution in [0.1, 0.15) is 10.5 Å². The number of aromatic carboxylic acids is 1. The summed E-state index contributed by atoms with van der Waals surface area (Å²) in [7, 11) is 0. The van der Waals surface area contributed by atoms with Gasteiger partial charge in [-0.25, -0.2) is 4.79 Å². The van der Waals surface area contributed by atoms with E-state index in [1.54, 1.807) is 12.1 Å². The summed E-state index contributed by atoms with van der Waals surface area (Å²) in [6, 6.07) is 4.15. The number of benzene rings is 1. The Morgan fingerprint density at radius 3 is 2.65 bits per heavy atom. The summed E-state index contributed by atoms with van der Waals surface area (Å²) in [5.41, 5.74) is -0.102. The van der Waals surface area contributed by atoms with Crippen molar-refractivity contribution in [2.45, 2.75) is 0 Å². The highest BCUT2D eigenvalue weighted by molar-refractivity contribution is 5.90. The number of ether oxygens (including phenoxy) is 2. The number of nitrogens with one attached hydrogen (secondary N) is 1. The van der Waals surface area contributed by atoms with Crippen molar-refractivity contribution in [1.82, 2.24) is 4.98 Å². The average Bonchev–Trinajstić information content (AvgIpc) is 2.73. The molecule has 6 heteroatoms. The standard InChI is InChI=1S/C11H7NO5/c13-8-2-7(11(14)15)12-6-3-10-9(1-5(6)8)16-4-17-10/h1-3H,4H2,(H,12,13)(H,14,15). The van der Waals surface area contributed by atoms with Gasteiger partial charge >= 0.3 is 5.97 Å². The fourth-order valence-electron chi connectivity index (χ4n) is 1.75. The molecule has 6 nitrogen and oxygen atoms in total. The second-order valence-corrected chi connectivity index (χ2v) is 3.60. The highest BCUT2D eigenvalue weighted by Gasteiger charge is 2.16. The molecule has 0 saturated carbocycles. The molecule has 17 heavy (non-hydrogen) atoms. The maximum Gasteiger partial charge on any atom is 0.352 e. The van der Waals surface area contributed by atoms with Gasteiger partial charge in [-0.3, -0.25) is 4.79 Å². The van der Waals surface area contributed by atoms with Crippen LogP contribution in [0.3, 0.4) is 0 Å². The molecule has 0 spiro atoms. The summed E-state index contributed by atoms with van der Waals surface area (Å²) in [6.45, 7) is 0.103. The fourth-order valence-corrected chi connectivity index (χ4v) is 1.75. The van der Waals surface area contributed by atoms with E-state index in [4.69, 9.17) is 14.6 Å². The summed E-state index contributed by atoms with van der Waals surface area (Å²) in [6.07, 6.45) is 0. The van der Waals surface area contributed by atoms with E-state index >= 15 is 0 Å². The first kappa shape index (κ1) is 9.71. The number of aromatic nitrogens is 1. The van der Waals surface area contributed by atoms with Gasteiger partial charge in [-0.2, -0.15) is 0 Å². The molecule has 0 aliphatic carbocycles. The molecule has 2 aromatic rings. The topological polar surface area (TPSA) is 88.6 Å². The molecule has 2 heterocycles. The molecule has 0 amide bonds. The maximum atomic E-state index is 11.7. The summed E-state index contributed by atoms with van der Waals surface area (Å²) in [4.78, 5) is 25.2. The molecule has 3 rings (SSSR count). The molecule has 0 saturated heterocycles. The Bertz CT molecular complexity index is 688. The van der Waals surface area contributed by atoms with Gasteiger partial charge in [0.15, 0.2) is 16.9 Å². The summed E-state index contributed by atoms with van der Waals surface area (Å²) in [5, 5.41) is 9.21. The third-order valence-electron chi connectivity index (χ3n) is 2.55. The van der Waals surface area contributed by atoms with E-state index in [0.717, 1.165) is 6.07 Å². The van der Waals surface area contributed by atoms with E-state index in [-0.39, 0.29) is 17.9 Å². The lowest BCUT2D eigenvalue weighted by atomic mass is 10.1. The van der Waals surface area contributed by atoms with Crippen LogP contribution in [0.5, 0.6) is 11.5 Å². The molecule has 1 aromatic heterocycles. The highest BCUT2D eigenvalue weighted by Crippen LogP contribution is 2.34. The van der Waals surface area contributed by atoms with Gasteiger partial charge in [0.1, 0.15) is 5.69 Å². The minimum absolute atomic E-state index is 0.103. The predicted molar refractivity (Wildman–Crippen MR) is 57.7 cm³/mol. The van der Waals surface area contributed by atoms with Gasteiger partial charge in [-0.15, -0.1) is 0 Å². The number of carboxylic acid groups (broad SMARTS) is 1. The van der Waals surface area contributed by atoms with Gasteiger partial charge < -0.3 is 19.6 Å². The van der Waals surface area contributed by atoms with Crippen LogP contribution >= 0.6 is 0 Å². The number of rotatable bonds is 1. The van der Waals surface area contributed by atoms with E-state index in [1.807, 2.05) is 0 Å². The number of hydrogen-bond acceptors (Lipinski definition) is 4. The van der Waals surface area contributed by atoms with E-state index in [0.29, 0.717) is 22.4 Å². The lowest BCUT2D eigenvalue weighted by Gasteiger charge is -2.02. The van der Waals surface area contributed by atoms with Crippen molar-refractivity contribution >= 4 is 16.9 Å². The van der Waals surface area contributed by atoms with Crippen LogP contribution in [0, 0.1) is 0 Å². The largest absolute Gasteiger partial charge is 0.477 e. The maximum absolute atomic E-state index is 11.7.